The molecule has 0 bridgehead atoms. The Kier molecular flexibility index (Phi) is 5.40. The van der Waals surface area contributed by atoms with Crippen LogP contribution < -0.4 is 10.1 Å². The molecule has 1 unspecified atom stereocenters. The van der Waals surface area contributed by atoms with E-state index < -0.39 is 0 Å². The van der Waals surface area contributed by atoms with Gasteiger partial charge in [-0.05, 0) is 23.6 Å². The number of aliphatic hydroxyl groups is 1. The average molecular weight is 279 g/mol. The maximum absolute atomic E-state index is 9.19. The average Bonchev–Trinajstić information content (AvgIpc) is 2.53. The molecule has 0 saturated carbocycles. The molecule has 3 rings (SSSR count). The molecule has 0 spiro atoms. The van der Waals surface area contributed by atoms with Gasteiger partial charge in [-0.3, -0.25) is 0 Å². The van der Waals surface area contributed by atoms with Gasteiger partial charge in [0, 0.05) is 19.0 Å². The van der Waals surface area contributed by atoms with Crippen LogP contribution in [0.3, 0.4) is 0 Å². The first kappa shape index (κ1) is 15.3. The number of aliphatic hydroxyl groups excluding tert-OH is 1. The number of methoxy groups -OCH3 is 1. The Morgan fingerprint density at radius 1 is 1.35 bits per heavy atom. The van der Waals surface area contributed by atoms with Gasteiger partial charge in [0.1, 0.15) is 5.75 Å². The Hall–Kier alpha value is -1.10. The number of fused-ring (bicyclic) bond motifs is 2. The van der Waals surface area contributed by atoms with Gasteiger partial charge in [0.05, 0.1) is 25.9 Å². The van der Waals surface area contributed by atoms with Gasteiger partial charge in [0.15, 0.2) is 0 Å². The van der Waals surface area contributed by atoms with E-state index in [0.717, 1.165) is 25.1 Å². The predicted molar refractivity (Wildman–Crippen MR) is 79.3 cm³/mol. The molecule has 4 nitrogen and oxygen atoms in total. The van der Waals surface area contributed by atoms with Crippen molar-refractivity contribution in [3.05, 3.63) is 29.3 Å². The van der Waals surface area contributed by atoms with Crippen molar-refractivity contribution in [2.24, 2.45) is 0 Å². The van der Waals surface area contributed by atoms with E-state index in [0.29, 0.717) is 6.04 Å². The lowest BCUT2D eigenvalue weighted by molar-refractivity contribution is -0.0844. The van der Waals surface area contributed by atoms with E-state index in [1.807, 2.05) is 26.0 Å². The number of ether oxygens (including phenoxy) is 2. The SMILES string of the molecule is CC.COc1cccc2c1C[C@H]1O[C@@H](CO)CNC1C2. The van der Waals surface area contributed by atoms with Crippen LogP contribution in [-0.2, 0) is 17.6 Å². The van der Waals surface area contributed by atoms with E-state index in [-0.39, 0.29) is 18.8 Å². The lowest BCUT2D eigenvalue weighted by Crippen LogP contribution is -2.56. The summed E-state index contributed by atoms with van der Waals surface area (Å²) in [6, 6.07) is 6.55. The first-order chi connectivity index (χ1) is 9.81. The molecule has 0 aromatic heterocycles. The molecule has 1 saturated heterocycles. The summed E-state index contributed by atoms with van der Waals surface area (Å²) in [7, 11) is 1.71. The lowest BCUT2D eigenvalue weighted by Gasteiger charge is -2.40. The topological polar surface area (TPSA) is 50.7 Å². The number of nitrogens with one attached hydrogen (secondary N) is 1. The number of benzene rings is 1. The highest BCUT2D eigenvalue weighted by Gasteiger charge is 2.35. The van der Waals surface area contributed by atoms with Gasteiger partial charge in [-0.25, -0.2) is 0 Å². The second kappa shape index (κ2) is 7.07. The highest BCUT2D eigenvalue weighted by molar-refractivity contribution is 5.43. The summed E-state index contributed by atoms with van der Waals surface area (Å²) in [4.78, 5) is 0. The summed E-state index contributed by atoms with van der Waals surface area (Å²) in [6.45, 7) is 4.81. The van der Waals surface area contributed by atoms with E-state index in [1.54, 1.807) is 7.11 Å². The van der Waals surface area contributed by atoms with Crippen molar-refractivity contribution in [2.45, 2.75) is 44.9 Å². The fourth-order valence-electron chi connectivity index (χ4n) is 2.97. The van der Waals surface area contributed by atoms with Crippen molar-refractivity contribution in [2.75, 3.05) is 20.3 Å². The Labute approximate surface area is 121 Å². The summed E-state index contributed by atoms with van der Waals surface area (Å²) in [5, 5.41) is 12.7. The summed E-state index contributed by atoms with van der Waals surface area (Å²) in [5.41, 5.74) is 2.59. The predicted octanol–water partition coefficient (Wildman–Crippen LogP) is 1.54. The van der Waals surface area contributed by atoms with Crippen LogP contribution in [0.2, 0.25) is 0 Å². The highest BCUT2D eigenvalue weighted by atomic mass is 16.5. The fraction of sp³-hybridized carbons (Fsp3) is 0.625. The molecular weight excluding hydrogens is 254 g/mol. The number of hydrogen-bond acceptors (Lipinski definition) is 4. The van der Waals surface area contributed by atoms with Gasteiger partial charge in [-0.2, -0.15) is 0 Å². The normalized spacial score (nSPS) is 27.7. The number of rotatable bonds is 2. The highest BCUT2D eigenvalue weighted by Crippen LogP contribution is 2.32. The van der Waals surface area contributed by atoms with Crippen molar-refractivity contribution in [3.63, 3.8) is 0 Å². The first-order valence-electron chi connectivity index (χ1n) is 7.46. The Balaban J connectivity index is 0.000000704. The maximum atomic E-state index is 9.19. The molecule has 4 heteroatoms. The molecule has 3 atom stereocenters. The van der Waals surface area contributed by atoms with Gasteiger partial charge >= 0.3 is 0 Å². The quantitative estimate of drug-likeness (QED) is 0.862. The molecule has 1 aromatic rings. The monoisotopic (exact) mass is 279 g/mol. The summed E-state index contributed by atoms with van der Waals surface area (Å²) in [5.74, 6) is 0.945. The van der Waals surface area contributed by atoms with Crippen molar-refractivity contribution in [1.82, 2.24) is 5.32 Å². The molecular formula is C16H25NO3. The maximum Gasteiger partial charge on any atom is 0.122 e. The van der Waals surface area contributed by atoms with Crippen LogP contribution in [0.1, 0.15) is 25.0 Å². The van der Waals surface area contributed by atoms with Crippen molar-refractivity contribution < 1.29 is 14.6 Å². The van der Waals surface area contributed by atoms with E-state index in [2.05, 4.69) is 11.4 Å². The molecule has 0 radical (unpaired) electrons. The minimum Gasteiger partial charge on any atom is -0.496 e. The zero-order valence-corrected chi connectivity index (χ0v) is 12.6. The molecule has 1 heterocycles. The molecule has 2 N–H and O–H groups in total. The number of hydrogen-bond donors (Lipinski definition) is 2. The summed E-state index contributed by atoms with van der Waals surface area (Å²) < 4.78 is 11.3. The lowest BCUT2D eigenvalue weighted by atomic mass is 9.84. The van der Waals surface area contributed by atoms with Crippen LogP contribution in [0.15, 0.2) is 18.2 Å². The minimum atomic E-state index is -0.0810. The molecule has 1 aliphatic carbocycles. The van der Waals surface area contributed by atoms with Crippen LogP contribution in [0, 0.1) is 0 Å². The van der Waals surface area contributed by atoms with Crippen LogP contribution in [0.4, 0.5) is 0 Å². The van der Waals surface area contributed by atoms with Crippen molar-refractivity contribution in [3.8, 4) is 5.75 Å². The molecule has 2 aliphatic rings. The molecule has 1 fully saturated rings. The third kappa shape index (κ3) is 2.97. The van der Waals surface area contributed by atoms with E-state index in [1.165, 1.54) is 11.1 Å². The van der Waals surface area contributed by atoms with Gasteiger partial charge in [0.2, 0.25) is 0 Å². The van der Waals surface area contributed by atoms with Crippen LogP contribution in [0.5, 0.6) is 5.75 Å². The van der Waals surface area contributed by atoms with Gasteiger partial charge in [-0.1, -0.05) is 26.0 Å². The fourth-order valence-corrected chi connectivity index (χ4v) is 2.97. The Morgan fingerprint density at radius 3 is 2.85 bits per heavy atom. The second-order valence-electron chi connectivity index (χ2n) is 5.00. The number of morpholine rings is 1. The molecule has 20 heavy (non-hydrogen) atoms. The Morgan fingerprint density at radius 2 is 2.15 bits per heavy atom. The third-order valence-corrected chi connectivity index (χ3v) is 3.92. The van der Waals surface area contributed by atoms with Crippen LogP contribution in [-0.4, -0.2) is 43.6 Å². The van der Waals surface area contributed by atoms with Gasteiger partial charge in [0.25, 0.3) is 0 Å². The van der Waals surface area contributed by atoms with Gasteiger partial charge in [-0.15, -0.1) is 0 Å². The van der Waals surface area contributed by atoms with Gasteiger partial charge < -0.3 is 19.9 Å². The summed E-state index contributed by atoms with van der Waals surface area (Å²) >= 11 is 0. The van der Waals surface area contributed by atoms with Crippen LogP contribution in [0.25, 0.3) is 0 Å². The second-order valence-corrected chi connectivity index (χ2v) is 5.00. The molecule has 1 aliphatic heterocycles. The minimum absolute atomic E-state index is 0.0784. The molecule has 112 valence electrons. The zero-order valence-electron chi connectivity index (χ0n) is 12.6. The van der Waals surface area contributed by atoms with E-state index in [9.17, 15) is 5.11 Å². The molecule has 0 amide bonds. The standard InChI is InChI=1S/C14H19NO3.C2H6/c1-17-13-4-2-3-9-5-12-14(6-11(9)13)18-10(8-16)7-15-12;1-2/h2-4,10,12,14-16H,5-8H2,1H3;1-2H3/t10-,12?,14-;/m1./s1. The third-order valence-electron chi connectivity index (χ3n) is 3.92. The largest absolute Gasteiger partial charge is 0.496 e. The molecule has 1 aromatic carbocycles. The van der Waals surface area contributed by atoms with Crippen LogP contribution >= 0.6 is 0 Å². The zero-order chi connectivity index (χ0) is 14.5. The van der Waals surface area contributed by atoms with E-state index in [4.69, 9.17) is 9.47 Å². The van der Waals surface area contributed by atoms with E-state index >= 15 is 0 Å². The smallest absolute Gasteiger partial charge is 0.122 e. The van der Waals surface area contributed by atoms with Crippen molar-refractivity contribution in [1.29, 1.82) is 0 Å². The Bertz CT molecular complexity index is 436. The summed E-state index contributed by atoms with van der Waals surface area (Å²) in [6.07, 6.45) is 1.88. The first-order valence-corrected chi connectivity index (χ1v) is 7.46. The van der Waals surface area contributed by atoms with Crippen molar-refractivity contribution >= 4 is 0 Å².